The molecule has 0 bridgehead atoms. The van der Waals surface area contributed by atoms with E-state index < -0.39 is 16.9 Å². The molecule has 4 heterocycles. The van der Waals surface area contributed by atoms with Crippen molar-refractivity contribution in [2.24, 2.45) is 5.84 Å². The van der Waals surface area contributed by atoms with E-state index in [0.29, 0.717) is 0 Å². The van der Waals surface area contributed by atoms with E-state index in [9.17, 15) is 19.2 Å². The fourth-order valence-electron chi connectivity index (χ4n) is 1.90. The Morgan fingerprint density at radius 1 is 0.840 bits per heavy atom. The van der Waals surface area contributed by atoms with Gasteiger partial charge in [-0.05, 0) is 0 Å². The van der Waals surface area contributed by atoms with Crippen molar-refractivity contribution in [2.45, 2.75) is 0 Å². The van der Waals surface area contributed by atoms with Crippen molar-refractivity contribution >= 4 is 28.3 Å². The lowest BCUT2D eigenvalue weighted by Crippen LogP contribution is -2.21. The molecule has 0 atom stereocenters. The SMILES string of the molecule is NNc1nc2nccnc2c(=O)[nH]1.O=c1[nH]c(=O)c2[nH]c(=O)[nH]c2[nH]1. The zero-order chi connectivity index (χ0) is 18.0. The monoisotopic (exact) mass is 346 g/mol. The van der Waals surface area contributed by atoms with Gasteiger partial charge in [-0.15, -0.1) is 0 Å². The number of nitrogen functional groups attached to an aromatic ring is 1. The van der Waals surface area contributed by atoms with Crippen LogP contribution in [0.1, 0.15) is 0 Å². The Kier molecular flexibility index (Phi) is 3.92. The first kappa shape index (κ1) is 15.8. The van der Waals surface area contributed by atoms with E-state index >= 15 is 0 Å². The minimum Gasteiger partial charge on any atom is -0.300 e. The smallest absolute Gasteiger partial charge is 0.300 e. The van der Waals surface area contributed by atoms with Crippen molar-refractivity contribution in [3.63, 3.8) is 0 Å². The van der Waals surface area contributed by atoms with Crippen molar-refractivity contribution in [1.29, 1.82) is 0 Å². The molecule has 4 aromatic heterocycles. The van der Waals surface area contributed by atoms with E-state index in [1.165, 1.54) is 12.4 Å². The molecule has 4 rings (SSSR count). The van der Waals surface area contributed by atoms with Crippen LogP contribution in [-0.4, -0.2) is 39.9 Å². The third kappa shape index (κ3) is 3.17. The highest BCUT2D eigenvalue weighted by atomic mass is 16.2. The van der Waals surface area contributed by atoms with Gasteiger partial charge in [-0.1, -0.05) is 0 Å². The summed E-state index contributed by atoms with van der Waals surface area (Å²) in [4.78, 5) is 66.2. The molecule has 0 aliphatic rings. The Bertz CT molecular complexity index is 1280. The summed E-state index contributed by atoms with van der Waals surface area (Å²) in [5.74, 6) is 5.24. The fraction of sp³-hybridized carbons (Fsp3) is 0. The summed E-state index contributed by atoms with van der Waals surface area (Å²) in [7, 11) is 0. The normalized spacial score (nSPS) is 10.4. The first-order chi connectivity index (χ1) is 12.0. The molecule has 0 spiro atoms. The van der Waals surface area contributed by atoms with Crippen molar-refractivity contribution < 1.29 is 0 Å². The van der Waals surface area contributed by atoms with E-state index in [-0.39, 0.29) is 33.8 Å². The summed E-state index contributed by atoms with van der Waals surface area (Å²) in [6.07, 6.45) is 2.88. The molecule has 0 unspecified atom stereocenters. The minimum atomic E-state index is -0.650. The van der Waals surface area contributed by atoms with Crippen LogP contribution in [0.25, 0.3) is 22.3 Å². The highest BCUT2D eigenvalue weighted by Crippen LogP contribution is 1.99. The Morgan fingerprint density at radius 2 is 1.52 bits per heavy atom. The third-order valence-electron chi connectivity index (χ3n) is 2.90. The fourth-order valence-corrected chi connectivity index (χ4v) is 1.90. The van der Waals surface area contributed by atoms with Gasteiger partial charge < -0.3 is 0 Å². The van der Waals surface area contributed by atoms with E-state index in [0.717, 1.165) is 0 Å². The van der Waals surface area contributed by atoms with Gasteiger partial charge in [0.05, 0.1) is 0 Å². The third-order valence-corrected chi connectivity index (χ3v) is 2.90. The van der Waals surface area contributed by atoms with Gasteiger partial charge in [0, 0.05) is 12.4 Å². The number of rotatable bonds is 1. The molecular weight excluding hydrogens is 336 g/mol. The molecule has 0 saturated carbocycles. The van der Waals surface area contributed by atoms with Crippen LogP contribution in [0.15, 0.2) is 31.6 Å². The number of anilines is 1. The number of nitrogens with one attached hydrogen (secondary N) is 6. The van der Waals surface area contributed by atoms with Gasteiger partial charge in [0.15, 0.2) is 11.2 Å². The van der Waals surface area contributed by atoms with Crippen LogP contribution in [0, 0.1) is 0 Å². The number of hydrazine groups is 1. The first-order valence-corrected chi connectivity index (χ1v) is 6.60. The number of hydrogen-bond acceptors (Lipinski definition) is 9. The maximum atomic E-state index is 11.3. The molecule has 0 fully saturated rings. The van der Waals surface area contributed by atoms with Crippen LogP contribution in [0.3, 0.4) is 0 Å². The molecule has 8 N–H and O–H groups in total. The highest BCUT2D eigenvalue weighted by Gasteiger charge is 2.03. The lowest BCUT2D eigenvalue weighted by molar-refractivity contribution is 1.07. The molecule has 4 aromatic rings. The molecule has 25 heavy (non-hydrogen) atoms. The predicted octanol–water partition coefficient (Wildman–Crippen LogP) is -2.77. The zero-order valence-electron chi connectivity index (χ0n) is 12.2. The van der Waals surface area contributed by atoms with Crippen LogP contribution in [0.2, 0.25) is 0 Å². The lowest BCUT2D eigenvalue weighted by Gasteiger charge is -1.98. The molecule has 128 valence electrons. The van der Waals surface area contributed by atoms with Crippen LogP contribution in [0.5, 0.6) is 0 Å². The topological polar surface area (TPSA) is 224 Å². The molecule has 0 aliphatic heterocycles. The predicted molar refractivity (Wildman–Crippen MR) is 85.9 cm³/mol. The number of fused-ring (bicyclic) bond motifs is 2. The van der Waals surface area contributed by atoms with Crippen molar-refractivity contribution in [1.82, 2.24) is 39.9 Å². The van der Waals surface area contributed by atoms with Gasteiger partial charge in [0.2, 0.25) is 5.95 Å². The summed E-state index contributed by atoms with van der Waals surface area (Å²) in [5, 5.41) is 0. The number of aromatic nitrogens is 8. The second kappa shape index (κ2) is 6.20. The number of imidazole rings is 1. The van der Waals surface area contributed by atoms with Gasteiger partial charge in [-0.2, -0.15) is 4.98 Å². The first-order valence-electron chi connectivity index (χ1n) is 6.60. The Hall–Kier alpha value is -4.07. The van der Waals surface area contributed by atoms with Crippen LogP contribution >= 0.6 is 0 Å². The van der Waals surface area contributed by atoms with Crippen molar-refractivity contribution in [3.8, 4) is 0 Å². The average Bonchev–Trinajstić information content (AvgIpc) is 2.96. The molecule has 0 saturated heterocycles. The highest BCUT2D eigenvalue weighted by molar-refractivity contribution is 5.68. The Labute approximate surface area is 134 Å². The molecule has 0 aliphatic carbocycles. The van der Waals surface area contributed by atoms with Gasteiger partial charge >= 0.3 is 11.4 Å². The standard InChI is InChI=1S/C6H6N6O.C5H4N4O3/c7-12-6-10-4-3(5(13)11-6)8-1-2-9-4;10-3-1-2(7-4(11)6-1)8-5(12)9-3/h1-2H,7H2,(H2,9,10,11,12,13);(H4,6,7,8,9,10,11,12). The minimum absolute atomic E-state index is 0.0413. The van der Waals surface area contributed by atoms with E-state index in [1.54, 1.807) is 0 Å². The molecule has 0 radical (unpaired) electrons. The molecule has 0 aromatic carbocycles. The van der Waals surface area contributed by atoms with Gasteiger partial charge in [0.25, 0.3) is 11.1 Å². The van der Waals surface area contributed by atoms with Gasteiger partial charge in [0.1, 0.15) is 11.2 Å². The number of nitrogens with two attached hydrogens (primary N) is 1. The number of hydrogen-bond donors (Lipinski definition) is 7. The van der Waals surface area contributed by atoms with E-state index in [2.05, 4.69) is 40.3 Å². The zero-order valence-corrected chi connectivity index (χ0v) is 12.2. The van der Waals surface area contributed by atoms with Gasteiger partial charge in [-0.25, -0.2) is 25.4 Å². The quantitative estimate of drug-likeness (QED) is 0.140. The average molecular weight is 346 g/mol. The molecular formula is C11H10N10O4. The maximum Gasteiger partial charge on any atom is 0.327 e. The summed E-state index contributed by atoms with van der Waals surface area (Å²) in [5.41, 5.74) is 0.663. The number of aromatic amines is 5. The molecule has 0 amide bonds. The molecule has 14 nitrogen and oxygen atoms in total. The second-order valence-electron chi connectivity index (χ2n) is 4.52. The summed E-state index contributed by atoms with van der Waals surface area (Å²) >= 11 is 0. The second-order valence-corrected chi connectivity index (χ2v) is 4.52. The van der Waals surface area contributed by atoms with E-state index in [1.807, 2.05) is 4.98 Å². The van der Waals surface area contributed by atoms with Crippen LogP contribution in [0.4, 0.5) is 5.95 Å². The molecule has 14 heteroatoms. The number of H-pyrrole nitrogens is 5. The van der Waals surface area contributed by atoms with Crippen LogP contribution in [-0.2, 0) is 0 Å². The van der Waals surface area contributed by atoms with Crippen LogP contribution < -0.4 is 33.8 Å². The Balaban J connectivity index is 0.000000146. The van der Waals surface area contributed by atoms with E-state index in [4.69, 9.17) is 5.84 Å². The van der Waals surface area contributed by atoms with Crippen molar-refractivity contribution in [3.05, 3.63) is 54.1 Å². The largest absolute Gasteiger partial charge is 0.327 e. The summed E-state index contributed by atoms with van der Waals surface area (Å²) < 4.78 is 0. The Morgan fingerprint density at radius 3 is 2.24 bits per heavy atom. The summed E-state index contributed by atoms with van der Waals surface area (Å²) in [6.45, 7) is 0. The van der Waals surface area contributed by atoms with Crippen molar-refractivity contribution in [2.75, 3.05) is 5.43 Å². The summed E-state index contributed by atoms with van der Waals surface area (Å²) in [6, 6.07) is 0. The number of nitrogens with zero attached hydrogens (tertiary/aromatic N) is 3. The van der Waals surface area contributed by atoms with Gasteiger partial charge in [-0.3, -0.25) is 39.9 Å². The maximum absolute atomic E-state index is 11.3. The lowest BCUT2D eigenvalue weighted by atomic mass is 10.5.